The van der Waals surface area contributed by atoms with E-state index in [-0.39, 0.29) is 72.9 Å². The smallest absolute Gasteiger partial charge is 0.750 e. The number of rotatable bonds is 14. The molecule has 0 saturated heterocycles. The number of ether oxygens (including phenoxy) is 2. The molecule has 41 heavy (non-hydrogen) atoms. The van der Waals surface area contributed by atoms with Crippen LogP contribution in [0.5, 0.6) is 0 Å². The molecule has 0 amide bonds. The first kappa shape index (κ1) is 40.0. The maximum atomic E-state index is 11.6. The summed E-state index contributed by atoms with van der Waals surface area (Å²) in [6.45, 7) is 7.10. The number of aliphatic hydroxyl groups is 1. The first-order valence-corrected chi connectivity index (χ1v) is 15.2. The Labute approximate surface area is 283 Å². The van der Waals surface area contributed by atoms with Gasteiger partial charge in [0.05, 0.1) is 23.6 Å². The fourth-order valence-corrected chi connectivity index (χ4v) is 4.37. The van der Waals surface area contributed by atoms with E-state index >= 15 is 0 Å². The first-order chi connectivity index (χ1) is 18.8. The Hall–Kier alpha value is -0.960. The van der Waals surface area contributed by atoms with Crippen molar-refractivity contribution in [3.05, 3.63) is 68.6 Å². The predicted molar refractivity (Wildman–Crippen MR) is 157 cm³/mol. The van der Waals surface area contributed by atoms with Crippen LogP contribution in [0.1, 0.15) is 76.3 Å². The Balaban J connectivity index is 0.000000776. The zero-order valence-electron chi connectivity index (χ0n) is 23.8. The van der Waals surface area contributed by atoms with Gasteiger partial charge in [0.25, 0.3) is 0 Å². The number of halogens is 2. The molecule has 13 heteroatoms. The van der Waals surface area contributed by atoms with Gasteiger partial charge >= 0.3 is 41.5 Å². The van der Waals surface area contributed by atoms with Crippen molar-refractivity contribution < 1.29 is 71.5 Å². The molecule has 0 bridgehead atoms. The van der Waals surface area contributed by atoms with Gasteiger partial charge in [-0.3, -0.25) is 13.8 Å². The Morgan fingerprint density at radius 3 is 1.66 bits per heavy atom. The summed E-state index contributed by atoms with van der Waals surface area (Å²) >= 11 is 3.79. The Morgan fingerprint density at radius 2 is 1.27 bits per heavy atom. The standard InChI is InChI=1S/C14H19BrO6S.C14H17BrO3.Na/c1-9(2)20-13(16)8-7-12(14(17)21-22(18)19)10-3-5-11(15)6-4-10;1-10(2)18-14(17)8-5-12(9-16)11-3-6-13(15)7-4-11;/h3-6,9,12,14,17H,7-8H2,1-2H3,(H,18,19);3-4,6-7,9-10,12H,5,8H2,1-2H3;/q;;+1/p-1. The summed E-state index contributed by atoms with van der Waals surface area (Å²) in [6.07, 6.45) is -0.0310. The summed E-state index contributed by atoms with van der Waals surface area (Å²) in [5.41, 5.74) is 1.59. The molecule has 222 valence electrons. The van der Waals surface area contributed by atoms with Crippen molar-refractivity contribution in [3.8, 4) is 0 Å². The van der Waals surface area contributed by atoms with Crippen molar-refractivity contribution in [2.24, 2.45) is 0 Å². The third kappa shape index (κ3) is 17.7. The topological polar surface area (TPSA) is 139 Å². The SMILES string of the molecule is CC(C)OC(=O)CCC(C=O)c1ccc(Br)cc1.CC(C)OC(=O)CCC(c1ccc(Br)cc1)C(O)OS(=O)[O-].[Na+]. The third-order valence-electron chi connectivity index (χ3n) is 5.34. The number of hydrogen-bond donors (Lipinski definition) is 1. The van der Waals surface area contributed by atoms with E-state index in [0.717, 1.165) is 20.8 Å². The van der Waals surface area contributed by atoms with E-state index in [9.17, 15) is 28.3 Å². The summed E-state index contributed by atoms with van der Waals surface area (Å²) < 4.78 is 37.5. The quantitative estimate of drug-likeness (QED) is 0.102. The van der Waals surface area contributed by atoms with Gasteiger partial charge in [-0.2, -0.15) is 0 Å². The van der Waals surface area contributed by atoms with Crippen LogP contribution in [0.15, 0.2) is 57.5 Å². The van der Waals surface area contributed by atoms with Crippen molar-refractivity contribution in [2.75, 3.05) is 0 Å². The Kier molecular flexibility index (Phi) is 21.2. The number of benzene rings is 2. The maximum Gasteiger partial charge on any atom is 1.00 e. The zero-order valence-corrected chi connectivity index (χ0v) is 29.8. The van der Waals surface area contributed by atoms with Crippen LogP contribution in [-0.2, 0) is 39.4 Å². The number of esters is 2. The van der Waals surface area contributed by atoms with E-state index in [1.165, 1.54) is 0 Å². The molecular weight excluding hydrogens is 695 g/mol. The molecule has 0 aromatic heterocycles. The Morgan fingerprint density at radius 1 is 0.854 bits per heavy atom. The Bertz CT molecular complexity index is 1080. The average molecular weight is 730 g/mol. The minimum Gasteiger partial charge on any atom is -0.750 e. The van der Waals surface area contributed by atoms with E-state index in [1.54, 1.807) is 38.1 Å². The predicted octanol–water partition coefficient (Wildman–Crippen LogP) is 2.86. The van der Waals surface area contributed by atoms with Crippen LogP contribution in [-0.4, -0.2) is 50.6 Å². The molecule has 4 unspecified atom stereocenters. The van der Waals surface area contributed by atoms with Gasteiger partial charge in [0.1, 0.15) is 6.29 Å². The van der Waals surface area contributed by atoms with Crippen LogP contribution in [0.4, 0.5) is 0 Å². The van der Waals surface area contributed by atoms with Crippen molar-refractivity contribution in [1.29, 1.82) is 0 Å². The van der Waals surface area contributed by atoms with Crippen LogP contribution in [0, 0.1) is 0 Å². The van der Waals surface area contributed by atoms with Crippen molar-refractivity contribution >= 4 is 61.4 Å². The van der Waals surface area contributed by atoms with Gasteiger partial charge in [-0.25, -0.2) is 4.21 Å². The summed E-state index contributed by atoms with van der Waals surface area (Å²) in [6, 6.07) is 14.5. The summed E-state index contributed by atoms with van der Waals surface area (Å²) in [4.78, 5) is 34.1. The van der Waals surface area contributed by atoms with Gasteiger partial charge in [0.2, 0.25) is 0 Å². The molecular formula is C28H35Br2NaO9S. The molecule has 1 N–H and O–H groups in total. The van der Waals surface area contributed by atoms with E-state index in [4.69, 9.17) is 9.47 Å². The van der Waals surface area contributed by atoms with Gasteiger partial charge in [-0.1, -0.05) is 56.1 Å². The minimum atomic E-state index is -2.84. The van der Waals surface area contributed by atoms with Crippen molar-refractivity contribution in [2.45, 2.75) is 83.7 Å². The maximum absolute atomic E-state index is 11.6. The number of aldehydes is 1. The van der Waals surface area contributed by atoms with Crippen LogP contribution in [0.3, 0.4) is 0 Å². The van der Waals surface area contributed by atoms with Gasteiger partial charge in [0, 0.05) is 33.6 Å². The van der Waals surface area contributed by atoms with Gasteiger partial charge < -0.3 is 23.9 Å². The van der Waals surface area contributed by atoms with E-state index in [2.05, 4.69) is 36.0 Å². The number of carbonyl (C=O) groups is 3. The van der Waals surface area contributed by atoms with Crippen LogP contribution in [0.2, 0.25) is 0 Å². The van der Waals surface area contributed by atoms with Crippen molar-refractivity contribution in [3.63, 3.8) is 0 Å². The average Bonchev–Trinajstić information content (AvgIpc) is 2.85. The molecule has 2 aromatic carbocycles. The number of hydrogen-bond acceptors (Lipinski definition) is 9. The van der Waals surface area contributed by atoms with E-state index in [1.807, 2.05) is 38.1 Å². The molecule has 0 fully saturated rings. The second kappa shape index (κ2) is 21.7. The molecule has 0 saturated carbocycles. The van der Waals surface area contributed by atoms with Gasteiger partial charge in [-0.15, -0.1) is 0 Å². The van der Waals surface area contributed by atoms with Crippen LogP contribution >= 0.6 is 31.9 Å². The molecule has 0 aliphatic heterocycles. The van der Waals surface area contributed by atoms with Crippen LogP contribution in [0.25, 0.3) is 0 Å². The van der Waals surface area contributed by atoms with Gasteiger partial charge in [-0.05, 0) is 75.9 Å². The summed E-state index contributed by atoms with van der Waals surface area (Å²) in [5.74, 6) is -1.58. The van der Waals surface area contributed by atoms with E-state index < -0.39 is 29.5 Å². The van der Waals surface area contributed by atoms with Crippen LogP contribution < -0.4 is 29.6 Å². The fourth-order valence-electron chi connectivity index (χ4n) is 3.55. The minimum absolute atomic E-state index is 0. The number of aliphatic hydroxyl groups excluding tert-OH is 1. The molecule has 2 rings (SSSR count). The second-order valence-corrected chi connectivity index (χ2v) is 11.7. The van der Waals surface area contributed by atoms with Gasteiger partial charge in [0.15, 0.2) is 6.29 Å². The molecule has 0 heterocycles. The normalized spacial score (nSPS) is 13.6. The number of carbonyl (C=O) groups excluding carboxylic acids is 3. The van der Waals surface area contributed by atoms with Crippen molar-refractivity contribution in [1.82, 2.24) is 0 Å². The first-order valence-electron chi connectivity index (χ1n) is 12.6. The summed E-state index contributed by atoms with van der Waals surface area (Å²) in [5, 5.41) is 9.92. The molecule has 0 radical (unpaired) electrons. The monoisotopic (exact) mass is 728 g/mol. The fraction of sp³-hybridized carbons (Fsp3) is 0.464. The molecule has 0 aliphatic rings. The molecule has 0 aliphatic carbocycles. The van der Waals surface area contributed by atoms with E-state index in [0.29, 0.717) is 12.0 Å². The molecule has 4 atom stereocenters. The molecule has 0 spiro atoms. The largest absolute Gasteiger partial charge is 1.00 e. The second-order valence-electron chi connectivity index (χ2n) is 9.30. The third-order valence-corrected chi connectivity index (χ3v) is 6.75. The molecule has 9 nitrogen and oxygen atoms in total. The summed E-state index contributed by atoms with van der Waals surface area (Å²) in [7, 11) is 0. The zero-order chi connectivity index (χ0) is 30.2. The molecule has 2 aromatic rings.